The first-order chi connectivity index (χ1) is 17.0. The lowest BCUT2D eigenvalue weighted by molar-refractivity contribution is -0.126. The summed E-state index contributed by atoms with van der Waals surface area (Å²) < 4.78 is 29.1. The van der Waals surface area contributed by atoms with E-state index >= 15 is 0 Å². The van der Waals surface area contributed by atoms with Crippen LogP contribution in [0.2, 0.25) is 0 Å². The van der Waals surface area contributed by atoms with E-state index in [-0.39, 0.29) is 36.1 Å². The number of nitrogens with one attached hydrogen (secondary N) is 2. The largest absolute Gasteiger partial charge is 0.484 e. The van der Waals surface area contributed by atoms with Gasteiger partial charge in [-0.2, -0.15) is 4.98 Å². The van der Waals surface area contributed by atoms with E-state index in [0.717, 1.165) is 5.56 Å². The van der Waals surface area contributed by atoms with Crippen molar-refractivity contribution in [3.05, 3.63) is 66.3 Å². The Labute approximate surface area is 202 Å². The number of aromatic nitrogens is 2. The van der Waals surface area contributed by atoms with Crippen molar-refractivity contribution in [2.75, 3.05) is 26.9 Å². The van der Waals surface area contributed by atoms with E-state index < -0.39 is 6.04 Å². The third-order valence-corrected chi connectivity index (χ3v) is 5.86. The third-order valence-electron chi connectivity index (χ3n) is 5.86. The zero-order chi connectivity index (χ0) is 24.6. The summed E-state index contributed by atoms with van der Waals surface area (Å²) >= 11 is 0. The Bertz CT molecular complexity index is 1120. The molecule has 0 aliphatic heterocycles. The minimum Gasteiger partial charge on any atom is -0.484 e. The van der Waals surface area contributed by atoms with Crippen molar-refractivity contribution in [2.24, 2.45) is 5.92 Å². The molecule has 1 saturated carbocycles. The van der Waals surface area contributed by atoms with Gasteiger partial charge in [0.05, 0.1) is 12.5 Å². The molecule has 1 aromatic heterocycles. The van der Waals surface area contributed by atoms with Gasteiger partial charge in [0.2, 0.25) is 17.6 Å². The molecule has 2 amide bonds. The summed E-state index contributed by atoms with van der Waals surface area (Å²) in [7, 11) is 1.57. The molecule has 0 spiro atoms. The van der Waals surface area contributed by atoms with Crippen molar-refractivity contribution in [3.63, 3.8) is 0 Å². The fraction of sp³-hybridized carbons (Fsp3) is 0.360. The summed E-state index contributed by atoms with van der Waals surface area (Å²) in [5, 5.41) is 9.88. The second-order valence-electron chi connectivity index (χ2n) is 8.30. The summed E-state index contributed by atoms with van der Waals surface area (Å²) in [5.74, 6) is -0.370. The fourth-order valence-corrected chi connectivity index (χ4v) is 4.12. The Morgan fingerprint density at radius 3 is 2.63 bits per heavy atom. The number of carbonyl (C=O) groups excluding carboxylic acids is 2. The summed E-state index contributed by atoms with van der Waals surface area (Å²) in [6.07, 6.45) is 0.855. The number of amides is 2. The number of methoxy groups -OCH3 is 1. The molecule has 3 atom stereocenters. The van der Waals surface area contributed by atoms with Gasteiger partial charge >= 0.3 is 0 Å². The van der Waals surface area contributed by atoms with Gasteiger partial charge in [0.25, 0.3) is 5.91 Å². The summed E-state index contributed by atoms with van der Waals surface area (Å²) in [5.41, 5.74) is 0.808. The van der Waals surface area contributed by atoms with E-state index in [1.807, 2.05) is 30.3 Å². The Kier molecular flexibility index (Phi) is 8.04. The normalized spacial score (nSPS) is 19.3. The van der Waals surface area contributed by atoms with Crippen molar-refractivity contribution in [2.45, 2.75) is 24.8 Å². The van der Waals surface area contributed by atoms with Gasteiger partial charge in [0.1, 0.15) is 11.6 Å². The smallest absolute Gasteiger partial charge is 0.258 e. The quantitative estimate of drug-likeness (QED) is 0.427. The molecule has 0 bridgehead atoms. The van der Waals surface area contributed by atoms with E-state index in [4.69, 9.17) is 14.0 Å². The first-order valence-electron chi connectivity index (χ1n) is 11.4. The van der Waals surface area contributed by atoms with Crippen molar-refractivity contribution in [1.82, 2.24) is 20.8 Å². The molecule has 1 fully saturated rings. The van der Waals surface area contributed by atoms with Gasteiger partial charge in [0, 0.05) is 31.2 Å². The van der Waals surface area contributed by atoms with Gasteiger partial charge < -0.3 is 24.6 Å². The molecule has 0 radical (unpaired) electrons. The number of nitrogens with zero attached hydrogens (tertiary/aromatic N) is 2. The predicted octanol–water partition coefficient (Wildman–Crippen LogP) is 2.70. The van der Waals surface area contributed by atoms with Crippen molar-refractivity contribution >= 4 is 11.8 Å². The number of hydrogen-bond donors (Lipinski definition) is 2. The molecule has 0 saturated heterocycles. The minimum absolute atomic E-state index is 0.117. The topological polar surface area (TPSA) is 116 Å². The molecule has 1 aliphatic rings. The zero-order valence-electron chi connectivity index (χ0n) is 19.3. The predicted molar refractivity (Wildman–Crippen MR) is 124 cm³/mol. The first kappa shape index (κ1) is 24.3. The van der Waals surface area contributed by atoms with Crippen LogP contribution >= 0.6 is 0 Å². The summed E-state index contributed by atoms with van der Waals surface area (Å²) in [6, 6.07) is 14.4. The average Bonchev–Trinajstić information content (AvgIpc) is 3.52. The van der Waals surface area contributed by atoms with Crippen LogP contribution in [0.25, 0.3) is 11.4 Å². The fourth-order valence-electron chi connectivity index (χ4n) is 4.12. The van der Waals surface area contributed by atoms with E-state index in [9.17, 15) is 14.0 Å². The number of benzene rings is 2. The highest BCUT2D eigenvalue weighted by Crippen LogP contribution is 2.38. The second-order valence-corrected chi connectivity index (χ2v) is 8.30. The third kappa shape index (κ3) is 6.42. The standard InChI is InChI=1S/C25H27FN4O5/c1-33-12-11-27-24(32)17-13-20(25-29-23(30-35-25)16-5-3-2-4-6-16)21(14-17)28-22(31)15-34-19-9-7-18(26)8-10-19/h2-10,17,20-21H,11-15H2,1H3,(H,27,32)(H,28,31)/t17-,20-,21+/m1/s1. The van der Waals surface area contributed by atoms with Gasteiger partial charge in [-0.3, -0.25) is 9.59 Å². The van der Waals surface area contributed by atoms with E-state index in [1.165, 1.54) is 24.3 Å². The molecule has 10 heteroatoms. The van der Waals surface area contributed by atoms with Crippen LogP contribution in [0.1, 0.15) is 24.7 Å². The van der Waals surface area contributed by atoms with E-state index in [1.54, 1.807) is 7.11 Å². The Balaban J connectivity index is 1.45. The monoisotopic (exact) mass is 482 g/mol. The van der Waals surface area contributed by atoms with Crippen LogP contribution in [0.3, 0.4) is 0 Å². The molecule has 9 nitrogen and oxygen atoms in total. The van der Waals surface area contributed by atoms with Gasteiger partial charge in [-0.1, -0.05) is 35.5 Å². The highest BCUT2D eigenvalue weighted by Gasteiger charge is 2.42. The second kappa shape index (κ2) is 11.6. The van der Waals surface area contributed by atoms with E-state index in [0.29, 0.717) is 43.5 Å². The minimum atomic E-state index is -0.401. The molecular formula is C25H27FN4O5. The lowest BCUT2D eigenvalue weighted by Gasteiger charge is -2.18. The molecule has 3 aromatic rings. The molecule has 184 valence electrons. The zero-order valence-corrected chi connectivity index (χ0v) is 19.3. The number of hydrogen-bond acceptors (Lipinski definition) is 7. The Hall–Kier alpha value is -3.79. The van der Waals surface area contributed by atoms with Gasteiger partial charge in [0.15, 0.2) is 6.61 Å². The van der Waals surface area contributed by atoms with Gasteiger partial charge in [-0.05, 0) is 37.1 Å². The van der Waals surface area contributed by atoms with Crippen LogP contribution in [0, 0.1) is 11.7 Å². The molecule has 35 heavy (non-hydrogen) atoms. The van der Waals surface area contributed by atoms with Gasteiger partial charge in [-0.15, -0.1) is 0 Å². The van der Waals surface area contributed by atoms with Crippen LogP contribution < -0.4 is 15.4 Å². The number of rotatable bonds is 10. The Morgan fingerprint density at radius 2 is 1.89 bits per heavy atom. The molecule has 1 heterocycles. The van der Waals surface area contributed by atoms with Crippen LogP contribution in [-0.4, -0.2) is 54.9 Å². The highest BCUT2D eigenvalue weighted by atomic mass is 19.1. The van der Waals surface area contributed by atoms with Crippen LogP contribution in [0.4, 0.5) is 4.39 Å². The number of carbonyl (C=O) groups is 2. The highest BCUT2D eigenvalue weighted by molar-refractivity contribution is 5.80. The summed E-state index contributed by atoms with van der Waals surface area (Å²) in [4.78, 5) is 29.9. The molecular weight excluding hydrogens is 455 g/mol. The van der Waals surface area contributed by atoms with Crippen LogP contribution in [0.5, 0.6) is 5.75 Å². The summed E-state index contributed by atoms with van der Waals surface area (Å²) in [6.45, 7) is 0.559. The maximum atomic E-state index is 13.1. The Morgan fingerprint density at radius 1 is 1.11 bits per heavy atom. The first-order valence-corrected chi connectivity index (χ1v) is 11.4. The lowest BCUT2D eigenvalue weighted by Crippen LogP contribution is -2.40. The maximum Gasteiger partial charge on any atom is 0.258 e. The molecule has 2 aromatic carbocycles. The molecule has 2 N–H and O–H groups in total. The van der Waals surface area contributed by atoms with Crippen molar-refractivity contribution in [3.8, 4) is 17.1 Å². The van der Waals surface area contributed by atoms with Crippen molar-refractivity contribution < 1.29 is 28.0 Å². The molecule has 1 aliphatic carbocycles. The molecule has 4 rings (SSSR count). The average molecular weight is 483 g/mol. The molecule has 0 unspecified atom stereocenters. The maximum absolute atomic E-state index is 13.1. The number of halogens is 1. The van der Waals surface area contributed by atoms with Crippen LogP contribution in [-0.2, 0) is 14.3 Å². The van der Waals surface area contributed by atoms with Gasteiger partial charge in [-0.25, -0.2) is 4.39 Å². The lowest BCUT2D eigenvalue weighted by atomic mass is 10.0. The SMILES string of the molecule is COCCNC(=O)[C@H]1C[C@H](NC(=O)COc2ccc(F)cc2)[C@H](c2nc(-c3ccccc3)no2)C1. The number of ether oxygens (including phenoxy) is 2. The van der Waals surface area contributed by atoms with E-state index in [2.05, 4.69) is 20.8 Å². The van der Waals surface area contributed by atoms with Crippen LogP contribution in [0.15, 0.2) is 59.1 Å². The van der Waals surface area contributed by atoms with Crippen molar-refractivity contribution in [1.29, 1.82) is 0 Å².